The van der Waals surface area contributed by atoms with Gasteiger partial charge in [0.25, 0.3) is 0 Å². The molecule has 0 aromatic heterocycles. The van der Waals surface area contributed by atoms with Gasteiger partial charge in [-0.2, -0.15) is 0 Å². The van der Waals surface area contributed by atoms with E-state index in [1.807, 2.05) is 0 Å². The van der Waals surface area contributed by atoms with Crippen molar-refractivity contribution in [2.24, 2.45) is 11.5 Å². The van der Waals surface area contributed by atoms with E-state index >= 15 is 0 Å². The standard InChI is InChI=1S/C13H23N2.Fe/c14-10-3-1-6-12-8-5-9-13(12)7-2-4-11-15;/h8H,1-7,10-11,14-15H2;. The molecule has 0 aliphatic heterocycles. The molecular weight excluding hydrogens is 240 g/mol. The van der Waals surface area contributed by atoms with Gasteiger partial charge in [0, 0.05) is 0 Å². The molecule has 93 valence electrons. The van der Waals surface area contributed by atoms with Gasteiger partial charge in [0.1, 0.15) is 0 Å². The molecule has 0 radical (unpaired) electrons. The van der Waals surface area contributed by atoms with Gasteiger partial charge >= 0.3 is 107 Å². The molecule has 0 unspecified atom stereocenters. The summed E-state index contributed by atoms with van der Waals surface area (Å²) in [6.45, 7) is 1.60. The van der Waals surface area contributed by atoms with E-state index in [1.165, 1.54) is 34.9 Å². The van der Waals surface area contributed by atoms with Crippen LogP contribution in [0.3, 0.4) is 0 Å². The number of rotatable bonds is 8. The zero-order valence-corrected chi connectivity index (χ0v) is 11.1. The molecule has 0 amide bonds. The van der Waals surface area contributed by atoms with Crippen LogP contribution in [0.15, 0.2) is 21.7 Å². The Balaban J connectivity index is 2.38. The van der Waals surface area contributed by atoms with E-state index in [4.69, 9.17) is 11.5 Å². The zero-order chi connectivity index (χ0) is 11.8. The van der Waals surface area contributed by atoms with E-state index in [9.17, 15) is 0 Å². The van der Waals surface area contributed by atoms with Crippen LogP contribution in [0.2, 0.25) is 0 Å². The summed E-state index contributed by atoms with van der Waals surface area (Å²) < 4.78 is 1.32. The first-order valence-electron chi connectivity index (χ1n) is 6.25. The third-order valence-corrected chi connectivity index (χ3v) is 3.57. The van der Waals surface area contributed by atoms with Crippen LogP contribution in [0.4, 0.5) is 0 Å². The topological polar surface area (TPSA) is 52.0 Å². The van der Waals surface area contributed by atoms with Crippen molar-refractivity contribution in [1.82, 2.24) is 0 Å². The molecule has 1 rings (SSSR count). The van der Waals surface area contributed by atoms with E-state index in [2.05, 4.69) is 22.1 Å². The summed E-state index contributed by atoms with van der Waals surface area (Å²) in [5.74, 6) is 0. The Morgan fingerprint density at radius 1 is 1.00 bits per heavy atom. The van der Waals surface area contributed by atoms with E-state index in [-0.39, 0.29) is 0 Å². The molecule has 0 atom stereocenters. The van der Waals surface area contributed by atoms with Crippen LogP contribution in [0.25, 0.3) is 0 Å². The zero-order valence-electron chi connectivity index (χ0n) is 9.95. The van der Waals surface area contributed by atoms with E-state index in [0.717, 1.165) is 38.8 Å². The molecule has 16 heavy (non-hydrogen) atoms. The Bertz CT molecular complexity index is 269. The van der Waals surface area contributed by atoms with Gasteiger partial charge in [-0.05, 0) is 0 Å². The number of allylic oxidation sites excluding steroid dienone is 4. The van der Waals surface area contributed by atoms with Crippen LogP contribution < -0.4 is 11.5 Å². The summed E-state index contributed by atoms with van der Waals surface area (Å²) in [6.07, 6.45) is 10.4. The Labute approximate surface area is 107 Å². The SMILES string of the molecule is NCCCCC1=CC[C]([Fe])=C1CCCCN. The van der Waals surface area contributed by atoms with Gasteiger partial charge in [0.05, 0.1) is 0 Å². The minimum atomic E-state index is 0.798. The van der Waals surface area contributed by atoms with Crippen LogP contribution in [0, 0.1) is 0 Å². The third kappa shape index (κ3) is 4.42. The van der Waals surface area contributed by atoms with Gasteiger partial charge in [-0.15, -0.1) is 0 Å². The predicted molar refractivity (Wildman–Crippen MR) is 65.5 cm³/mol. The Morgan fingerprint density at radius 2 is 1.62 bits per heavy atom. The molecule has 0 aromatic rings. The fraction of sp³-hybridized carbons (Fsp3) is 0.692. The van der Waals surface area contributed by atoms with Crippen molar-refractivity contribution < 1.29 is 16.0 Å². The first kappa shape index (κ1) is 14.0. The maximum absolute atomic E-state index is 5.52. The fourth-order valence-electron chi connectivity index (χ4n) is 2.08. The molecule has 0 heterocycles. The molecular formula is C13H23FeN2. The van der Waals surface area contributed by atoms with Gasteiger partial charge in [-0.25, -0.2) is 0 Å². The quantitative estimate of drug-likeness (QED) is 0.522. The molecule has 3 heteroatoms. The number of unbranched alkanes of at least 4 members (excludes halogenated alkanes) is 2. The first-order chi connectivity index (χ1) is 7.79. The molecule has 0 saturated heterocycles. The van der Waals surface area contributed by atoms with Crippen molar-refractivity contribution in [1.29, 1.82) is 0 Å². The molecule has 2 nitrogen and oxygen atoms in total. The third-order valence-electron chi connectivity index (χ3n) is 3.01. The second-order valence-electron chi connectivity index (χ2n) is 4.29. The average Bonchev–Trinajstić information content (AvgIpc) is 2.62. The van der Waals surface area contributed by atoms with Crippen molar-refractivity contribution in [2.45, 2.75) is 44.9 Å². The van der Waals surface area contributed by atoms with Gasteiger partial charge in [0.2, 0.25) is 0 Å². The molecule has 0 fully saturated rings. The Morgan fingerprint density at radius 3 is 2.25 bits per heavy atom. The van der Waals surface area contributed by atoms with Gasteiger partial charge in [-0.3, -0.25) is 0 Å². The summed E-state index contributed by atoms with van der Waals surface area (Å²) in [7, 11) is 0. The summed E-state index contributed by atoms with van der Waals surface area (Å²) in [5, 5.41) is 0. The first-order valence-corrected chi connectivity index (χ1v) is 6.80. The van der Waals surface area contributed by atoms with E-state index < -0.39 is 0 Å². The van der Waals surface area contributed by atoms with E-state index in [0.29, 0.717) is 0 Å². The molecule has 0 saturated carbocycles. The monoisotopic (exact) mass is 263 g/mol. The summed E-state index contributed by atoms with van der Waals surface area (Å²) in [4.78, 5) is 0. The molecule has 1 aliphatic rings. The summed E-state index contributed by atoms with van der Waals surface area (Å²) in [6, 6.07) is 0. The van der Waals surface area contributed by atoms with Crippen molar-refractivity contribution in [3.63, 3.8) is 0 Å². The van der Waals surface area contributed by atoms with Crippen molar-refractivity contribution >= 4 is 0 Å². The number of hydrogen-bond acceptors (Lipinski definition) is 2. The van der Waals surface area contributed by atoms with Gasteiger partial charge < -0.3 is 0 Å². The van der Waals surface area contributed by atoms with Crippen LogP contribution >= 0.6 is 0 Å². The van der Waals surface area contributed by atoms with Crippen molar-refractivity contribution in [3.05, 3.63) is 21.7 Å². The molecule has 0 bridgehead atoms. The molecule has 0 aromatic carbocycles. The molecule has 1 aliphatic carbocycles. The second-order valence-corrected chi connectivity index (χ2v) is 4.96. The van der Waals surface area contributed by atoms with Crippen LogP contribution in [0.1, 0.15) is 44.9 Å². The van der Waals surface area contributed by atoms with Gasteiger partial charge in [-0.1, -0.05) is 0 Å². The molecule has 4 N–H and O–H groups in total. The Kier molecular flexibility index (Phi) is 7.06. The minimum absolute atomic E-state index is 0.798. The van der Waals surface area contributed by atoms with Crippen molar-refractivity contribution in [3.8, 4) is 0 Å². The summed E-state index contributed by atoms with van der Waals surface area (Å²) >= 11 is 4.15. The predicted octanol–water partition coefficient (Wildman–Crippen LogP) is 2.38. The maximum atomic E-state index is 5.52. The van der Waals surface area contributed by atoms with Crippen LogP contribution in [-0.4, -0.2) is 13.1 Å². The van der Waals surface area contributed by atoms with E-state index in [1.54, 1.807) is 0 Å². The number of nitrogens with two attached hydrogens (primary N) is 2. The van der Waals surface area contributed by atoms with Crippen molar-refractivity contribution in [2.75, 3.05) is 13.1 Å². The molecule has 0 spiro atoms. The Hall–Kier alpha value is -0.0805. The average molecular weight is 263 g/mol. The van der Waals surface area contributed by atoms with Gasteiger partial charge in [0.15, 0.2) is 0 Å². The second kappa shape index (κ2) is 8.08. The number of hydrogen-bond donors (Lipinski definition) is 2. The summed E-state index contributed by atoms with van der Waals surface area (Å²) in [5.41, 5.74) is 14.1. The van der Waals surface area contributed by atoms with Crippen LogP contribution in [-0.2, 0) is 16.0 Å². The van der Waals surface area contributed by atoms with Crippen LogP contribution in [0.5, 0.6) is 0 Å². The fourth-order valence-corrected chi connectivity index (χ4v) is 2.51. The normalized spacial score (nSPS) is 15.8.